The highest BCUT2D eigenvalue weighted by molar-refractivity contribution is 5.81. The van der Waals surface area contributed by atoms with E-state index in [4.69, 9.17) is 0 Å². The fraction of sp³-hybridized carbons (Fsp3) is 0.632. The van der Waals surface area contributed by atoms with Gasteiger partial charge in [-0.3, -0.25) is 14.6 Å². The van der Waals surface area contributed by atoms with Crippen LogP contribution in [0.3, 0.4) is 0 Å². The van der Waals surface area contributed by atoms with Gasteiger partial charge in [-0.2, -0.15) is 13.2 Å². The summed E-state index contributed by atoms with van der Waals surface area (Å²) in [6, 6.07) is 3.91. The molecule has 0 aromatic carbocycles. The predicted molar refractivity (Wildman–Crippen MR) is 97.5 cm³/mol. The zero-order chi connectivity index (χ0) is 20.1. The molecule has 2 heterocycles. The number of alkyl halides is 3. The molecule has 2 fully saturated rings. The van der Waals surface area contributed by atoms with Crippen molar-refractivity contribution >= 4 is 17.5 Å². The van der Waals surface area contributed by atoms with Crippen LogP contribution in [0.1, 0.15) is 25.7 Å². The Morgan fingerprint density at radius 2 is 1.64 bits per heavy atom. The lowest BCUT2D eigenvalue weighted by atomic mass is 9.81. The van der Waals surface area contributed by atoms with Crippen molar-refractivity contribution in [1.29, 1.82) is 0 Å². The molecule has 28 heavy (non-hydrogen) atoms. The summed E-state index contributed by atoms with van der Waals surface area (Å²) in [6.45, 7) is 2.90. The predicted octanol–water partition coefficient (Wildman–Crippen LogP) is 2.22. The maximum absolute atomic E-state index is 12.8. The van der Waals surface area contributed by atoms with Crippen LogP contribution in [0.4, 0.5) is 18.9 Å². The highest BCUT2D eigenvalue weighted by Crippen LogP contribution is 2.30. The number of rotatable bonds is 4. The van der Waals surface area contributed by atoms with Crippen molar-refractivity contribution in [3.8, 4) is 0 Å². The number of piperazine rings is 1. The number of pyridine rings is 1. The molecule has 1 aliphatic carbocycles. The number of nitrogens with one attached hydrogen (secondary N) is 1. The number of amides is 2. The summed E-state index contributed by atoms with van der Waals surface area (Å²) >= 11 is 0. The molecule has 9 heteroatoms. The van der Waals surface area contributed by atoms with Crippen molar-refractivity contribution < 1.29 is 22.8 Å². The fourth-order valence-corrected chi connectivity index (χ4v) is 3.95. The molecule has 0 radical (unpaired) electrons. The molecular formula is C19H25F3N4O2. The summed E-state index contributed by atoms with van der Waals surface area (Å²) in [4.78, 5) is 31.8. The molecule has 0 atom stereocenters. The van der Waals surface area contributed by atoms with Gasteiger partial charge < -0.3 is 15.1 Å². The first-order valence-corrected chi connectivity index (χ1v) is 9.63. The quantitative estimate of drug-likeness (QED) is 0.845. The monoisotopic (exact) mass is 398 g/mol. The zero-order valence-corrected chi connectivity index (χ0v) is 15.6. The van der Waals surface area contributed by atoms with E-state index in [1.165, 1.54) is 0 Å². The third-order valence-corrected chi connectivity index (χ3v) is 5.62. The van der Waals surface area contributed by atoms with Gasteiger partial charge >= 0.3 is 12.1 Å². The third-order valence-electron chi connectivity index (χ3n) is 5.62. The number of halogens is 3. The van der Waals surface area contributed by atoms with E-state index in [2.05, 4.69) is 9.88 Å². The lowest BCUT2D eigenvalue weighted by Gasteiger charge is -2.38. The molecule has 0 bridgehead atoms. The maximum Gasteiger partial charge on any atom is 0.471 e. The first-order valence-electron chi connectivity index (χ1n) is 9.63. The van der Waals surface area contributed by atoms with Gasteiger partial charge in [0.2, 0.25) is 5.91 Å². The van der Waals surface area contributed by atoms with Gasteiger partial charge in [-0.05, 0) is 43.7 Å². The Kier molecular flexibility index (Phi) is 6.41. The Morgan fingerprint density at radius 1 is 1.04 bits per heavy atom. The molecule has 2 aliphatic rings. The highest BCUT2D eigenvalue weighted by atomic mass is 19.4. The number of nitrogens with zero attached hydrogens (tertiary/aromatic N) is 3. The lowest BCUT2D eigenvalue weighted by molar-refractivity contribution is -0.173. The summed E-state index contributed by atoms with van der Waals surface area (Å²) < 4.78 is 36.7. The fourth-order valence-electron chi connectivity index (χ4n) is 3.95. The minimum absolute atomic E-state index is 0.00103. The number of carbonyl (C=O) groups excluding carboxylic acids is 2. The lowest BCUT2D eigenvalue weighted by Crippen LogP contribution is -2.51. The van der Waals surface area contributed by atoms with Crippen LogP contribution in [0, 0.1) is 11.8 Å². The van der Waals surface area contributed by atoms with Crippen molar-refractivity contribution in [3.05, 3.63) is 24.5 Å². The van der Waals surface area contributed by atoms with E-state index in [-0.39, 0.29) is 24.3 Å². The van der Waals surface area contributed by atoms with Crippen LogP contribution >= 0.6 is 0 Å². The first kappa shape index (κ1) is 20.4. The Bertz CT molecular complexity index is 668. The Morgan fingerprint density at radius 3 is 2.21 bits per heavy atom. The summed E-state index contributed by atoms with van der Waals surface area (Å²) in [7, 11) is 0. The van der Waals surface area contributed by atoms with Gasteiger partial charge in [-0.25, -0.2) is 0 Å². The molecule has 1 saturated heterocycles. The molecule has 3 rings (SSSR count). The number of aromatic nitrogens is 1. The minimum atomic E-state index is -4.84. The topological polar surface area (TPSA) is 65.5 Å². The molecule has 1 aromatic heterocycles. The molecule has 0 unspecified atom stereocenters. The number of hydrogen-bond acceptors (Lipinski definition) is 4. The molecule has 0 spiro atoms. The summed E-state index contributed by atoms with van der Waals surface area (Å²) in [5.41, 5.74) is 1.10. The maximum atomic E-state index is 12.8. The van der Waals surface area contributed by atoms with Crippen LogP contribution in [-0.4, -0.2) is 60.6 Å². The normalized spacial score (nSPS) is 23.4. The van der Waals surface area contributed by atoms with Gasteiger partial charge in [-0.15, -0.1) is 0 Å². The van der Waals surface area contributed by atoms with Crippen molar-refractivity contribution in [1.82, 2.24) is 15.2 Å². The van der Waals surface area contributed by atoms with E-state index < -0.39 is 12.1 Å². The van der Waals surface area contributed by atoms with Crippen LogP contribution in [0.15, 0.2) is 24.5 Å². The SMILES string of the molecule is O=C(C1CCC(CNC(=O)C(F)(F)F)CC1)N1CCN(c2ccncc2)CC1. The van der Waals surface area contributed by atoms with Crippen LogP contribution in [0.2, 0.25) is 0 Å². The summed E-state index contributed by atoms with van der Waals surface area (Å²) in [5, 5.41) is 1.95. The average Bonchev–Trinajstić information content (AvgIpc) is 2.72. The molecule has 154 valence electrons. The Hall–Kier alpha value is -2.32. The highest BCUT2D eigenvalue weighted by Gasteiger charge is 2.39. The van der Waals surface area contributed by atoms with Gasteiger partial charge in [0, 0.05) is 56.7 Å². The Labute approximate surface area is 162 Å². The summed E-state index contributed by atoms with van der Waals surface area (Å²) in [5.74, 6) is -1.81. The molecule has 1 saturated carbocycles. The van der Waals surface area contributed by atoms with Gasteiger partial charge in [0.25, 0.3) is 0 Å². The second-order valence-electron chi connectivity index (χ2n) is 7.44. The van der Waals surface area contributed by atoms with E-state index in [1.807, 2.05) is 22.3 Å². The van der Waals surface area contributed by atoms with Gasteiger partial charge in [-0.1, -0.05) is 0 Å². The largest absolute Gasteiger partial charge is 0.471 e. The Balaban J connectivity index is 1.40. The number of carbonyl (C=O) groups is 2. The van der Waals surface area contributed by atoms with E-state index >= 15 is 0 Å². The number of anilines is 1. The minimum Gasteiger partial charge on any atom is -0.368 e. The molecular weight excluding hydrogens is 373 g/mol. The van der Waals surface area contributed by atoms with Crippen LogP contribution in [-0.2, 0) is 9.59 Å². The van der Waals surface area contributed by atoms with Crippen LogP contribution in [0.25, 0.3) is 0 Å². The van der Waals surface area contributed by atoms with Gasteiger partial charge in [0.05, 0.1) is 0 Å². The zero-order valence-electron chi connectivity index (χ0n) is 15.6. The molecule has 1 aliphatic heterocycles. The van der Waals surface area contributed by atoms with Crippen molar-refractivity contribution in [3.63, 3.8) is 0 Å². The van der Waals surface area contributed by atoms with Crippen molar-refractivity contribution in [2.45, 2.75) is 31.9 Å². The van der Waals surface area contributed by atoms with Crippen molar-refractivity contribution in [2.75, 3.05) is 37.6 Å². The van der Waals surface area contributed by atoms with E-state index in [0.717, 1.165) is 18.8 Å². The first-order chi connectivity index (χ1) is 13.3. The average molecular weight is 398 g/mol. The van der Waals surface area contributed by atoms with Crippen LogP contribution in [0.5, 0.6) is 0 Å². The second kappa shape index (κ2) is 8.79. The van der Waals surface area contributed by atoms with Gasteiger partial charge in [0.1, 0.15) is 0 Å². The molecule has 1 N–H and O–H groups in total. The summed E-state index contributed by atoms with van der Waals surface area (Å²) in [6.07, 6.45) is 1.30. The van der Waals surface area contributed by atoms with Crippen molar-refractivity contribution in [2.24, 2.45) is 11.8 Å². The van der Waals surface area contributed by atoms with E-state index in [0.29, 0.717) is 38.8 Å². The van der Waals surface area contributed by atoms with Gasteiger partial charge in [0.15, 0.2) is 0 Å². The molecule has 1 aromatic rings. The third kappa shape index (κ3) is 5.14. The van der Waals surface area contributed by atoms with E-state index in [1.54, 1.807) is 12.4 Å². The second-order valence-corrected chi connectivity index (χ2v) is 7.44. The smallest absolute Gasteiger partial charge is 0.368 e. The van der Waals surface area contributed by atoms with E-state index in [9.17, 15) is 22.8 Å². The molecule has 2 amide bonds. The standard InChI is InChI=1S/C19H25F3N4O2/c20-19(21,22)18(28)24-13-14-1-3-15(4-2-14)17(27)26-11-9-25(10-12-26)16-5-7-23-8-6-16/h5-8,14-15H,1-4,9-13H2,(H,24,28). The molecule has 6 nitrogen and oxygen atoms in total. The van der Waals surface area contributed by atoms with Crippen LogP contribution < -0.4 is 10.2 Å². The number of hydrogen-bond donors (Lipinski definition) is 1.